The molecule has 37 heavy (non-hydrogen) atoms. The quantitative estimate of drug-likeness (QED) is 0.285. The normalized spacial score (nSPS) is 22.7. The fourth-order valence-corrected chi connectivity index (χ4v) is 6.58. The molecular weight excluding hydrogens is 489 g/mol. The third-order valence-electron chi connectivity index (χ3n) is 8.50. The van der Waals surface area contributed by atoms with Gasteiger partial charge in [0.1, 0.15) is 0 Å². The van der Waals surface area contributed by atoms with Crippen LogP contribution in [0.4, 0.5) is 5.69 Å². The van der Waals surface area contributed by atoms with Crippen LogP contribution < -0.4 is 5.01 Å². The van der Waals surface area contributed by atoms with Crippen molar-refractivity contribution in [3.63, 3.8) is 0 Å². The molecular formula is C33H38N2S2. The summed E-state index contributed by atoms with van der Waals surface area (Å²) in [5.41, 5.74) is 6.75. The number of thioether (sulfide) groups is 2. The van der Waals surface area contributed by atoms with E-state index in [9.17, 15) is 0 Å². The molecule has 0 bridgehead atoms. The van der Waals surface area contributed by atoms with Crippen LogP contribution in [0.2, 0.25) is 0 Å². The summed E-state index contributed by atoms with van der Waals surface area (Å²) in [5, 5.41) is 7.71. The monoisotopic (exact) mass is 526 g/mol. The molecule has 5 rings (SSSR count). The Hall–Kier alpha value is -2.43. The second-order valence-corrected chi connectivity index (χ2v) is 12.7. The largest absolute Gasteiger partial charge is 0.257 e. The smallest absolute Gasteiger partial charge is 0.0860 e. The van der Waals surface area contributed by atoms with Gasteiger partial charge in [-0.3, -0.25) is 5.01 Å². The number of allylic oxidation sites excluding steroid dienone is 1. The molecule has 0 amide bonds. The maximum absolute atomic E-state index is 5.41. The fourth-order valence-electron chi connectivity index (χ4n) is 5.77. The Bertz CT molecular complexity index is 1260. The van der Waals surface area contributed by atoms with Crippen LogP contribution in [-0.4, -0.2) is 18.2 Å². The lowest BCUT2D eigenvalue weighted by Crippen LogP contribution is -2.36. The molecule has 2 aliphatic rings. The molecule has 3 aromatic rings. The number of hydrogen-bond acceptors (Lipinski definition) is 4. The van der Waals surface area contributed by atoms with Crippen molar-refractivity contribution in [1.29, 1.82) is 0 Å². The van der Waals surface area contributed by atoms with Crippen LogP contribution in [0.5, 0.6) is 0 Å². The highest BCUT2D eigenvalue weighted by Crippen LogP contribution is 2.52. The second-order valence-electron chi connectivity index (χ2n) is 10.9. The first-order chi connectivity index (χ1) is 17.9. The zero-order valence-electron chi connectivity index (χ0n) is 22.6. The predicted octanol–water partition coefficient (Wildman–Crippen LogP) is 9.59. The SMILES string of the molecule is CCC(C)(C)C1C/C(=C\c2ccc(SC)cc2)C2=NN(c3ccccc3)C(c3ccc(SC)cc3)C2C1. The molecule has 192 valence electrons. The van der Waals surface area contributed by atoms with E-state index in [2.05, 4.69) is 123 Å². The standard InChI is InChI=1S/C33H38N2S2/c1-6-33(2,3)26-21-25(20-23-12-16-28(36-4)17-13-23)31-30(22-26)32(24-14-18-29(37-5)19-15-24)35(34-31)27-10-8-7-9-11-27/h7-20,26,30,32H,6,21-22H2,1-5H3/b25-20+. The minimum Gasteiger partial charge on any atom is -0.257 e. The lowest BCUT2D eigenvalue weighted by molar-refractivity contribution is 0.168. The third kappa shape index (κ3) is 5.42. The first-order valence-electron chi connectivity index (χ1n) is 13.3. The summed E-state index contributed by atoms with van der Waals surface area (Å²) in [6, 6.07) is 29.1. The maximum atomic E-state index is 5.41. The molecule has 3 aromatic carbocycles. The molecule has 2 nitrogen and oxygen atoms in total. The number of anilines is 1. The summed E-state index contributed by atoms with van der Waals surface area (Å²) in [4.78, 5) is 2.60. The van der Waals surface area contributed by atoms with Gasteiger partial charge in [0.25, 0.3) is 0 Å². The summed E-state index contributed by atoms with van der Waals surface area (Å²) >= 11 is 3.59. The van der Waals surface area contributed by atoms with Gasteiger partial charge >= 0.3 is 0 Å². The Morgan fingerprint density at radius 2 is 1.51 bits per heavy atom. The van der Waals surface area contributed by atoms with Crippen molar-refractivity contribution in [3.8, 4) is 0 Å². The second kappa shape index (κ2) is 11.1. The van der Waals surface area contributed by atoms with E-state index in [0.29, 0.717) is 11.8 Å². The van der Waals surface area contributed by atoms with E-state index < -0.39 is 0 Å². The lowest BCUT2D eigenvalue weighted by Gasteiger charge is -2.41. The molecule has 1 aliphatic carbocycles. The van der Waals surface area contributed by atoms with E-state index in [1.807, 2.05) is 0 Å². The van der Waals surface area contributed by atoms with Gasteiger partial charge in [0, 0.05) is 15.7 Å². The predicted molar refractivity (Wildman–Crippen MR) is 164 cm³/mol. The van der Waals surface area contributed by atoms with Gasteiger partial charge in [0.2, 0.25) is 0 Å². The van der Waals surface area contributed by atoms with Crippen LogP contribution in [-0.2, 0) is 0 Å². The molecule has 3 atom stereocenters. The van der Waals surface area contributed by atoms with Gasteiger partial charge in [-0.25, -0.2) is 0 Å². The van der Waals surface area contributed by atoms with Crippen LogP contribution in [0.15, 0.2) is 99.3 Å². The number of fused-ring (bicyclic) bond motifs is 1. The molecule has 4 heteroatoms. The summed E-state index contributed by atoms with van der Waals surface area (Å²) in [5.74, 6) is 0.975. The third-order valence-corrected chi connectivity index (χ3v) is 9.98. The summed E-state index contributed by atoms with van der Waals surface area (Å²) < 4.78 is 0. The number of benzene rings is 3. The number of hydrogen-bond donors (Lipinski definition) is 0. The highest BCUT2D eigenvalue weighted by Gasteiger charge is 2.47. The van der Waals surface area contributed by atoms with Crippen molar-refractivity contribution < 1.29 is 0 Å². The van der Waals surface area contributed by atoms with Crippen molar-refractivity contribution in [1.82, 2.24) is 0 Å². The Morgan fingerprint density at radius 1 is 0.892 bits per heavy atom. The van der Waals surface area contributed by atoms with Gasteiger partial charge in [-0.15, -0.1) is 23.5 Å². The molecule has 0 saturated heterocycles. The van der Waals surface area contributed by atoms with Crippen LogP contribution >= 0.6 is 23.5 Å². The van der Waals surface area contributed by atoms with Gasteiger partial charge in [-0.1, -0.05) is 69.7 Å². The molecule has 1 aliphatic heterocycles. The Kier molecular flexibility index (Phi) is 7.88. The van der Waals surface area contributed by atoms with Gasteiger partial charge < -0.3 is 0 Å². The van der Waals surface area contributed by atoms with Crippen LogP contribution in [0.3, 0.4) is 0 Å². The highest BCUT2D eigenvalue weighted by atomic mass is 32.2. The number of hydrazone groups is 1. The Balaban J connectivity index is 1.62. The molecule has 1 saturated carbocycles. The van der Waals surface area contributed by atoms with Gasteiger partial charge in [-0.05, 0) is 95.9 Å². The van der Waals surface area contributed by atoms with Crippen molar-refractivity contribution in [2.45, 2.75) is 55.9 Å². The Labute approximate surface area is 231 Å². The molecule has 0 radical (unpaired) electrons. The number of para-hydroxylation sites is 1. The lowest BCUT2D eigenvalue weighted by atomic mass is 9.63. The minimum absolute atomic E-state index is 0.200. The van der Waals surface area contributed by atoms with E-state index in [4.69, 9.17) is 5.10 Å². The maximum Gasteiger partial charge on any atom is 0.0860 e. The molecule has 3 unspecified atom stereocenters. The van der Waals surface area contributed by atoms with Crippen molar-refractivity contribution in [3.05, 3.63) is 95.6 Å². The Morgan fingerprint density at radius 3 is 2.11 bits per heavy atom. The summed E-state index contributed by atoms with van der Waals surface area (Å²) in [6.07, 6.45) is 10.1. The zero-order valence-corrected chi connectivity index (χ0v) is 24.3. The number of rotatable bonds is 7. The van der Waals surface area contributed by atoms with E-state index in [0.717, 1.165) is 6.42 Å². The van der Waals surface area contributed by atoms with E-state index in [1.54, 1.807) is 23.5 Å². The van der Waals surface area contributed by atoms with Gasteiger partial charge in [0.15, 0.2) is 0 Å². The summed E-state index contributed by atoms with van der Waals surface area (Å²) in [6.45, 7) is 7.26. The van der Waals surface area contributed by atoms with Crippen molar-refractivity contribution in [2.24, 2.45) is 22.4 Å². The van der Waals surface area contributed by atoms with Gasteiger partial charge in [-0.2, -0.15) is 5.10 Å². The van der Waals surface area contributed by atoms with Crippen molar-refractivity contribution >= 4 is 41.0 Å². The molecule has 1 fully saturated rings. The average molecular weight is 527 g/mol. The van der Waals surface area contributed by atoms with E-state index in [-0.39, 0.29) is 11.5 Å². The van der Waals surface area contributed by atoms with E-state index in [1.165, 1.54) is 50.7 Å². The molecule has 0 spiro atoms. The van der Waals surface area contributed by atoms with E-state index >= 15 is 0 Å². The van der Waals surface area contributed by atoms with Crippen LogP contribution in [0.1, 0.15) is 57.2 Å². The van der Waals surface area contributed by atoms with Crippen molar-refractivity contribution in [2.75, 3.05) is 17.5 Å². The highest BCUT2D eigenvalue weighted by molar-refractivity contribution is 7.98. The zero-order chi connectivity index (χ0) is 26.0. The first-order valence-corrected chi connectivity index (χ1v) is 15.8. The molecule has 0 N–H and O–H groups in total. The molecule has 1 heterocycles. The minimum atomic E-state index is 0.200. The van der Waals surface area contributed by atoms with Crippen LogP contribution in [0.25, 0.3) is 6.08 Å². The average Bonchev–Trinajstić information content (AvgIpc) is 3.34. The first kappa shape index (κ1) is 26.2. The number of nitrogens with zero attached hydrogens (tertiary/aromatic N) is 2. The van der Waals surface area contributed by atoms with Gasteiger partial charge in [0.05, 0.1) is 17.4 Å². The van der Waals surface area contributed by atoms with Crippen LogP contribution in [0, 0.1) is 17.3 Å². The summed E-state index contributed by atoms with van der Waals surface area (Å²) in [7, 11) is 0. The fraction of sp³-hybridized carbons (Fsp3) is 0.364. The topological polar surface area (TPSA) is 15.6 Å². The molecule has 0 aromatic heterocycles.